The van der Waals surface area contributed by atoms with E-state index in [0.717, 1.165) is 32.9 Å². The monoisotopic (exact) mass is 600 g/mol. The standard InChI is InChI=1S/C33H40N6O5/c1-19(2)14-28(33(43)44)38-31(41)29-12-7-13-39(29)32(42)27(16-21-18-36-26-11-6-4-9-23(21)26)37-30(40)24(34)15-20-17-35-25-10-5-3-8-22(20)25/h3-6,8-11,17-19,24,27-29,35-36H,7,12-16,34H2,1-2H3,(H,37,40)(H,38,41)(H,43,44). The highest BCUT2D eigenvalue weighted by Crippen LogP contribution is 2.24. The van der Waals surface area contributed by atoms with Crippen LogP contribution in [0.15, 0.2) is 60.9 Å². The number of nitrogens with two attached hydrogens (primary N) is 1. The van der Waals surface area contributed by atoms with Crippen LogP contribution in [-0.4, -0.2) is 74.4 Å². The van der Waals surface area contributed by atoms with E-state index in [-0.39, 0.29) is 25.2 Å². The van der Waals surface area contributed by atoms with E-state index in [2.05, 4.69) is 20.6 Å². The maximum absolute atomic E-state index is 14.1. The number of carboxylic acids is 1. The Bertz CT molecular complexity index is 1660. The molecule has 232 valence electrons. The van der Waals surface area contributed by atoms with Crippen LogP contribution in [-0.2, 0) is 32.0 Å². The number of rotatable bonds is 12. The summed E-state index contributed by atoms with van der Waals surface area (Å²) in [5, 5.41) is 17.1. The predicted molar refractivity (Wildman–Crippen MR) is 168 cm³/mol. The van der Waals surface area contributed by atoms with Crippen LogP contribution < -0.4 is 16.4 Å². The van der Waals surface area contributed by atoms with E-state index in [9.17, 15) is 24.3 Å². The number of nitrogens with one attached hydrogen (secondary N) is 4. The van der Waals surface area contributed by atoms with E-state index in [0.29, 0.717) is 19.4 Å². The van der Waals surface area contributed by atoms with E-state index in [1.807, 2.05) is 74.8 Å². The smallest absolute Gasteiger partial charge is 0.326 e. The third-order valence-electron chi connectivity index (χ3n) is 8.33. The minimum Gasteiger partial charge on any atom is -0.480 e. The van der Waals surface area contributed by atoms with Crippen LogP contribution in [0.4, 0.5) is 0 Å². The number of likely N-dealkylation sites (tertiary alicyclic amines) is 1. The number of amides is 3. The van der Waals surface area contributed by atoms with Crippen LogP contribution in [0.25, 0.3) is 21.8 Å². The molecule has 1 aliphatic rings. The van der Waals surface area contributed by atoms with Crippen molar-refractivity contribution in [2.24, 2.45) is 11.7 Å². The fourth-order valence-corrected chi connectivity index (χ4v) is 6.09. The van der Waals surface area contributed by atoms with Gasteiger partial charge >= 0.3 is 5.97 Å². The number of hydrogen-bond acceptors (Lipinski definition) is 5. The minimum absolute atomic E-state index is 0.0574. The number of hydrogen-bond donors (Lipinski definition) is 6. The molecule has 11 nitrogen and oxygen atoms in total. The fourth-order valence-electron chi connectivity index (χ4n) is 6.09. The molecule has 44 heavy (non-hydrogen) atoms. The molecule has 1 aliphatic heterocycles. The molecule has 3 amide bonds. The molecule has 0 bridgehead atoms. The molecule has 4 aromatic rings. The molecule has 0 saturated carbocycles. The zero-order valence-corrected chi connectivity index (χ0v) is 25.0. The highest BCUT2D eigenvalue weighted by Gasteiger charge is 2.39. The molecule has 4 unspecified atom stereocenters. The lowest BCUT2D eigenvalue weighted by Gasteiger charge is -2.30. The first kappa shape index (κ1) is 30.8. The molecule has 1 fully saturated rings. The molecule has 4 atom stereocenters. The summed E-state index contributed by atoms with van der Waals surface area (Å²) in [6.07, 6.45) is 5.37. The minimum atomic E-state index is -1.11. The number of carboxylic acid groups (broad SMARTS) is 1. The molecule has 1 saturated heterocycles. The van der Waals surface area contributed by atoms with Crippen LogP contribution in [0.1, 0.15) is 44.2 Å². The molecule has 3 heterocycles. The topological polar surface area (TPSA) is 173 Å². The Hall–Kier alpha value is -4.64. The van der Waals surface area contributed by atoms with Crippen molar-refractivity contribution in [1.29, 1.82) is 0 Å². The maximum atomic E-state index is 14.1. The Morgan fingerprint density at radius 2 is 1.50 bits per heavy atom. The third-order valence-corrected chi connectivity index (χ3v) is 8.33. The van der Waals surface area contributed by atoms with Crippen LogP contribution >= 0.6 is 0 Å². The van der Waals surface area contributed by atoms with Gasteiger partial charge in [-0.05, 0) is 54.9 Å². The van der Waals surface area contributed by atoms with Gasteiger partial charge in [-0.15, -0.1) is 0 Å². The van der Waals surface area contributed by atoms with Crippen molar-refractivity contribution < 1.29 is 24.3 Å². The quantitative estimate of drug-likeness (QED) is 0.146. The van der Waals surface area contributed by atoms with Crippen LogP contribution in [0.2, 0.25) is 0 Å². The highest BCUT2D eigenvalue weighted by molar-refractivity contribution is 5.95. The largest absolute Gasteiger partial charge is 0.480 e. The number of H-pyrrole nitrogens is 2. The van der Waals surface area contributed by atoms with Gasteiger partial charge in [-0.25, -0.2) is 4.79 Å². The van der Waals surface area contributed by atoms with Crippen molar-refractivity contribution in [2.45, 2.75) is 70.1 Å². The molecule has 2 aromatic carbocycles. The van der Waals surface area contributed by atoms with E-state index in [1.54, 1.807) is 0 Å². The van der Waals surface area contributed by atoms with E-state index >= 15 is 0 Å². The second kappa shape index (κ2) is 13.3. The third kappa shape index (κ3) is 6.78. The van der Waals surface area contributed by atoms with Crippen molar-refractivity contribution in [1.82, 2.24) is 25.5 Å². The summed E-state index contributed by atoms with van der Waals surface area (Å²) in [6, 6.07) is 11.7. The first-order chi connectivity index (χ1) is 21.1. The van der Waals surface area contributed by atoms with Gasteiger partial charge in [-0.2, -0.15) is 0 Å². The number of para-hydroxylation sites is 2. The Kier molecular flexibility index (Phi) is 9.34. The Morgan fingerprint density at radius 3 is 2.09 bits per heavy atom. The molecular weight excluding hydrogens is 560 g/mol. The maximum Gasteiger partial charge on any atom is 0.326 e. The average molecular weight is 601 g/mol. The van der Waals surface area contributed by atoms with Gasteiger partial charge in [0.2, 0.25) is 17.7 Å². The summed E-state index contributed by atoms with van der Waals surface area (Å²) in [6.45, 7) is 4.09. The van der Waals surface area contributed by atoms with Crippen molar-refractivity contribution in [2.75, 3.05) is 6.54 Å². The number of nitrogens with zero attached hydrogens (tertiary/aromatic N) is 1. The molecule has 0 radical (unpaired) electrons. The van der Waals surface area contributed by atoms with Gasteiger partial charge in [0, 0.05) is 47.2 Å². The number of aromatic amines is 2. The summed E-state index contributed by atoms with van der Waals surface area (Å²) < 4.78 is 0. The lowest BCUT2D eigenvalue weighted by molar-refractivity contribution is -0.145. The first-order valence-corrected chi connectivity index (χ1v) is 15.1. The zero-order valence-electron chi connectivity index (χ0n) is 25.0. The number of aliphatic carboxylic acids is 1. The average Bonchev–Trinajstić information content (AvgIpc) is 3.75. The number of benzene rings is 2. The second-order valence-corrected chi connectivity index (χ2v) is 12.0. The molecule has 7 N–H and O–H groups in total. The van der Waals surface area contributed by atoms with E-state index in [1.165, 1.54) is 4.90 Å². The van der Waals surface area contributed by atoms with Crippen LogP contribution in [0.5, 0.6) is 0 Å². The van der Waals surface area contributed by atoms with Crippen molar-refractivity contribution in [3.8, 4) is 0 Å². The molecule has 0 aliphatic carbocycles. The van der Waals surface area contributed by atoms with Crippen molar-refractivity contribution in [3.05, 3.63) is 72.1 Å². The van der Waals surface area contributed by atoms with Gasteiger partial charge in [0.1, 0.15) is 18.1 Å². The van der Waals surface area contributed by atoms with Gasteiger partial charge in [0.15, 0.2) is 0 Å². The van der Waals surface area contributed by atoms with Gasteiger partial charge < -0.3 is 36.3 Å². The van der Waals surface area contributed by atoms with Gasteiger partial charge in [-0.3, -0.25) is 14.4 Å². The molecular formula is C33H40N6O5. The van der Waals surface area contributed by atoms with Crippen LogP contribution in [0, 0.1) is 5.92 Å². The zero-order chi connectivity index (χ0) is 31.4. The number of carbonyl (C=O) groups excluding carboxylic acids is 3. The summed E-state index contributed by atoms with van der Waals surface area (Å²) in [4.78, 5) is 60.6. The summed E-state index contributed by atoms with van der Waals surface area (Å²) in [7, 11) is 0. The van der Waals surface area contributed by atoms with E-state index in [4.69, 9.17) is 5.73 Å². The number of fused-ring (bicyclic) bond motifs is 2. The summed E-state index contributed by atoms with van der Waals surface area (Å²) in [5.74, 6) is -2.44. The van der Waals surface area contributed by atoms with Crippen molar-refractivity contribution in [3.63, 3.8) is 0 Å². The summed E-state index contributed by atoms with van der Waals surface area (Å²) in [5.41, 5.74) is 9.97. The van der Waals surface area contributed by atoms with E-state index < -0.39 is 47.9 Å². The van der Waals surface area contributed by atoms with Gasteiger partial charge in [0.25, 0.3) is 0 Å². The lowest BCUT2D eigenvalue weighted by Crippen LogP contribution is -2.57. The van der Waals surface area contributed by atoms with Crippen LogP contribution in [0.3, 0.4) is 0 Å². The first-order valence-electron chi connectivity index (χ1n) is 15.1. The van der Waals surface area contributed by atoms with Crippen molar-refractivity contribution >= 4 is 45.5 Å². The number of carbonyl (C=O) groups is 4. The predicted octanol–water partition coefficient (Wildman–Crippen LogP) is 2.85. The molecule has 11 heteroatoms. The SMILES string of the molecule is CC(C)CC(NC(=O)C1CCCN1C(=O)C(Cc1c[nH]c2ccccc12)NC(=O)C(N)Cc1c[nH]c2ccccc12)C(=O)O. The normalized spacial score (nSPS) is 17.1. The van der Waals surface area contributed by atoms with Gasteiger partial charge in [-0.1, -0.05) is 50.2 Å². The summed E-state index contributed by atoms with van der Waals surface area (Å²) >= 11 is 0. The second-order valence-electron chi connectivity index (χ2n) is 12.0. The Balaban J connectivity index is 1.36. The molecule has 0 spiro atoms. The molecule has 2 aromatic heterocycles. The Labute approximate surface area is 255 Å². The lowest BCUT2D eigenvalue weighted by atomic mass is 10.0. The number of aromatic nitrogens is 2. The van der Waals surface area contributed by atoms with Gasteiger partial charge in [0.05, 0.1) is 6.04 Å². The fraction of sp³-hybridized carbons (Fsp3) is 0.394. The highest BCUT2D eigenvalue weighted by atomic mass is 16.4. The Morgan fingerprint density at radius 1 is 0.909 bits per heavy atom. The molecule has 5 rings (SSSR count).